The molecule has 8 nitrogen and oxygen atoms in total. The fraction of sp³-hybridized carbons (Fsp3) is 0.455. The Bertz CT molecular complexity index is 1030. The summed E-state index contributed by atoms with van der Waals surface area (Å²) in [6.45, 7) is 0.626. The van der Waals surface area contributed by atoms with Crippen LogP contribution in [0.2, 0.25) is 0 Å². The van der Waals surface area contributed by atoms with Crippen molar-refractivity contribution in [3.05, 3.63) is 54.4 Å². The van der Waals surface area contributed by atoms with Crippen LogP contribution in [0, 0.1) is 0 Å². The van der Waals surface area contributed by atoms with E-state index in [4.69, 9.17) is 4.74 Å². The first-order valence-corrected chi connectivity index (χ1v) is 12.1. The van der Waals surface area contributed by atoms with Crippen LogP contribution < -0.4 is 20.1 Å². The fourth-order valence-electron chi connectivity index (χ4n) is 4.39. The van der Waals surface area contributed by atoms with Gasteiger partial charge in [-0.1, -0.05) is 18.2 Å². The summed E-state index contributed by atoms with van der Waals surface area (Å²) in [5.74, 6) is 1.57. The Kier molecular flexibility index (Phi) is 8.34. The maximum Gasteiger partial charge on any atom is 0.242 e. The normalized spacial score (nSPS) is 19.5. The number of para-hydroxylation sites is 1. The topological polar surface area (TPSA) is 105 Å². The second-order valence-corrected chi connectivity index (χ2v) is 9.78. The van der Waals surface area contributed by atoms with Crippen LogP contribution in [0.3, 0.4) is 0 Å². The highest BCUT2D eigenvalue weighted by Crippen LogP contribution is 2.46. The molecule has 1 spiro atoms. The molecule has 4 rings (SSSR count). The van der Waals surface area contributed by atoms with Gasteiger partial charge in [0.1, 0.15) is 16.2 Å². The maximum atomic E-state index is 12.3. The van der Waals surface area contributed by atoms with Crippen LogP contribution >= 0.6 is 24.0 Å². The Labute approximate surface area is 206 Å². The molecule has 0 saturated heterocycles. The molecule has 1 aromatic carbocycles. The quantitative estimate of drug-likeness (QED) is 0.213. The van der Waals surface area contributed by atoms with Crippen molar-refractivity contribution < 1.29 is 13.2 Å². The first kappa shape index (κ1) is 24.7. The highest BCUT2D eigenvalue weighted by Gasteiger charge is 2.43. The Balaban J connectivity index is 0.00000289. The molecule has 10 heteroatoms. The minimum atomic E-state index is -3.58. The number of halogens is 1. The number of aliphatic imine (C=N–C) groups is 1. The number of sulfonamides is 1. The van der Waals surface area contributed by atoms with Crippen molar-refractivity contribution in [1.29, 1.82) is 0 Å². The Morgan fingerprint density at radius 1 is 1.19 bits per heavy atom. The van der Waals surface area contributed by atoms with Crippen LogP contribution in [0.5, 0.6) is 5.75 Å². The zero-order valence-electron chi connectivity index (χ0n) is 18.1. The third-order valence-corrected chi connectivity index (χ3v) is 7.35. The van der Waals surface area contributed by atoms with Crippen molar-refractivity contribution in [2.45, 2.75) is 48.6 Å². The van der Waals surface area contributed by atoms with E-state index in [-0.39, 0.29) is 47.1 Å². The van der Waals surface area contributed by atoms with Gasteiger partial charge >= 0.3 is 0 Å². The lowest BCUT2D eigenvalue weighted by molar-refractivity contribution is 0.0396. The van der Waals surface area contributed by atoms with E-state index in [9.17, 15) is 8.42 Å². The minimum Gasteiger partial charge on any atom is -0.487 e. The molecule has 0 bridgehead atoms. The molecule has 2 heterocycles. The molecule has 1 aromatic heterocycles. The number of pyridine rings is 1. The van der Waals surface area contributed by atoms with Crippen molar-refractivity contribution in [2.24, 2.45) is 4.99 Å². The van der Waals surface area contributed by atoms with Gasteiger partial charge in [-0.2, -0.15) is 0 Å². The van der Waals surface area contributed by atoms with Crippen LogP contribution in [0.25, 0.3) is 0 Å². The van der Waals surface area contributed by atoms with E-state index in [1.54, 1.807) is 19.3 Å². The Morgan fingerprint density at radius 2 is 1.97 bits per heavy atom. The van der Waals surface area contributed by atoms with Gasteiger partial charge < -0.3 is 15.4 Å². The van der Waals surface area contributed by atoms with Crippen molar-refractivity contribution in [2.75, 3.05) is 20.1 Å². The van der Waals surface area contributed by atoms with Gasteiger partial charge in [-0.25, -0.2) is 13.1 Å². The third kappa shape index (κ3) is 5.70. The van der Waals surface area contributed by atoms with Gasteiger partial charge in [-0.05, 0) is 43.9 Å². The van der Waals surface area contributed by atoms with Crippen molar-refractivity contribution in [3.8, 4) is 5.75 Å². The SMILES string of the molecule is CN=C(NCCNS(=O)(=O)c1cccnc1)NC1CC2(CCCC2)Oc2ccccc21.I. The molecule has 174 valence electrons. The first-order valence-electron chi connectivity index (χ1n) is 10.7. The van der Waals surface area contributed by atoms with Crippen LogP contribution in [-0.4, -0.2) is 45.1 Å². The van der Waals surface area contributed by atoms with Crippen molar-refractivity contribution >= 4 is 40.0 Å². The number of benzene rings is 1. The Morgan fingerprint density at radius 3 is 2.69 bits per heavy atom. The van der Waals surface area contributed by atoms with Gasteiger partial charge in [0.25, 0.3) is 0 Å². The summed E-state index contributed by atoms with van der Waals surface area (Å²) >= 11 is 0. The van der Waals surface area contributed by atoms with Crippen LogP contribution in [0.15, 0.2) is 58.7 Å². The number of ether oxygens (including phenoxy) is 1. The summed E-state index contributed by atoms with van der Waals surface area (Å²) in [5, 5.41) is 6.72. The molecular formula is C22H30IN5O3S. The smallest absolute Gasteiger partial charge is 0.242 e. The molecule has 1 atom stereocenters. The molecule has 0 amide bonds. The summed E-state index contributed by atoms with van der Waals surface area (Å²) in [6.07, 6.45) is 8.29. The van der Waals surface area contributed by atoms with E-state index in [1.807, 2.05) is 18.2 Å². The zero-order valence-corrected chi connectivity index (χ0v) is 21.2. The molecule has 2 aromatic rings. The van der Waals surface area contributed by atoms with Crippen LogP contribution in [-0.2, 0) is 10.0 Å². The lowest BCUT2D eigenvalue weighted by Crippen LogP contribution is -2.47. The van der Waals surface area contributed by atoms with Crippen LogP contribution in [0.1, 0.15) is 43.7 Å². The summed E-state index contributed by atoms with van der Waals surface area (Å²) in [7, 11) is -1.86. The van der Waals surface area contributed by atoms with E-state index >= 15 is 0 Å². The molecule has 1 aliphatic heterocycles. The lowest BCUT2D eigenvalue weighted by atomic mass is 9.86. The fourth-order valence-corrected chi connectivity index (χ4v) is 5.38. The predicted molar refractivity (Wildman–Crippen MR) is 135 cm³/mol. The average Bonchev–Trinajstić information content (AvgIpc) is 3.23. The van der Waals surface area contributed by atoms with Crippen LogP contribution in [0.4, 0.5) is 0 Å². The molecular weight excluding hydrogens is 541 g/mol. The molecule has 1 fully saturated rings. The predicted octanol–water partition coefficient (Wildman–Crippen LogP) is 2.98. The lowest BCUT2D eigenvalue weighted by Gasteiger charge is -2.40. The standard InChI is InChI=1S/C22H29N5O3S.HI/c1-23-21(25-13-14-26-31(28,29)17-7-6-12-24-16-17)27-19-15-22(10-4-5-11-22)30-20-9-3-2-8-18(19)20;/h2-3,6-9,12,16,19,26H,4-5,10-11,13-15H2,1H3,(H2,23,25,27);1H. The number of guanidine groups is 1. The largest absolute Gasteiger partial charge is 0.487 e. The molecule has 0 radical (unpaired) electrons. The third-order valence-electron chi connectivity index (χ3n) is 5.90. The number of aromatic nitrogens is 1. The number of nitrogens with zero attached hydrogens (tertiary/aromatic N) is 2. The molecule has 1 unspecified atom stereocenters. The van der Waals surface area contributed by atoms with Gasteiger partial charge in [0, 0.05) is 44.5 Å². The summed E-state index contributed by atoms with van der Waals surface area (Å²) in [4.78, 5) is 8.34. The Hall–Kier alpha value is -1.92. The van der Waals surface area contributed by atoms with E-state index in [1.165, 1.54) is 25.1 Å². The molecule has 2 aliphatic rings. The highest BCUT2D eigenvalue weighted by molar-refractivity contribution is 14.0. The molecule has 32 heavy (non-hydrogen) atoms. The number of hydrogen-bond acceptors (Lipinski definition) is 5. The summed E-state index contributed by atoms with van der Waals surface area (Å²) in [6, 6.07) is 11.3. The van der Waals surface area contributed by atoms with Crippen molar-refractivity contribution in [1.82, 2.24) is 20.3 Å². The molecule has 1 aliphatic carbocycles. The number of nitrogens with one attached hydrogen (secondary N) is 3. The minimum absolute atomic E-state index is 0. The maximum absolute atomic E-state index is 12.3. The summed E-state index contributed by atoms with van der Waals surface area (Å²) in [5.41, 5.74) is 1.02. The summed E-state index contributed by atoms with van der Waals surface area (Å²) < 4.78 is 33.6. The number of fused-ring (bicyclic) bond motifs is 1. The second-order valence-electron chi connectivity index (χ2n) is 8.02. The van der Waals surface area contributed by atoms with E-state index in [0.29, 0.717) is 12.5 Å². The van der Waals surface area contributed by atoms with E-state index < -0.39 is 10.0 Å². The molecule has 3 N–H and O–H groups in total. The molecule has 1 saturated carbocycles. The monoisotopic (exact) mass is 571 g/mol. The van der Waals surface area contributed by atoms with Gasteiger partial charge in [0.15, 0.2) is 5.96 Å². The first-order chi connectivity index (χ1) is 15.0. The van der Waals surface area contributed by atoms with Gasteiger partial charge in [0.05, 0.1) is 6.04 Å². The zero-order chi connectivity index (χ0) is 21.7. The van der Waals surface area contributed by atoms with E-state index in [2.05, 4.69) is 31.4 Å². The van der Waals surface area contributed by atoms with Gasteiger partial charge in [-0.3, -0.25) is 9.98 Å². The average molecular weight is 571 g/mol. The van der Waals surface area contributed by atoms with Gasteiger partial charge in [-0.15, -0.1) is 24.0 Å². The number of rotatable bonds is 6. The second kappa shape index (κ2) is 10.8. The highest BCUT2D eigenvalue weighted by atomic mass is 127. The number of hydrogen-bond donors (Lipinski definition) is 3. The van der Waals surface area contributed by atoms with Crippen molar-refractivity contribution in [3.63, 3.8) is 0 Å². The van der Waals surface area contributed by atoms with Gasteiger partial charge in [0.2, 0.25) is 10.0 Å². The van der Waals surface area contributed by atoms with E-state index in [0.717, 1.165) is 30.6 Å².